The zero-order valence-electron chi connectivity index (χ0n) is 10.9. The van der Waals surface area contributed by atoms with Crippen LogP contribution in [0.4, 0.5) is 0 Å². The van der Waals surface area contributed by atoms with Crippen LogP contribution in [-0.2, 0) is 12.8 Å². The maximum Gasteiger partial charge on any atom is 0.0594 e. The maximum absolute atomic E-state index is 9.61. The van der Waals surface area contributed by atoms with Gasteiger partial charge in [-0.3, -0.25) is 0 Å². The summed E-state index contributed by atoms with van der Waals surface area (Å²) in [7, 11) is 0. The summed E-state index contributed by atoms with van der Waals surface area (Å²) in [5.74, 6) is 0. The molecule has 1 N–H and O–H groups in total. The summed E-state index contributed by atoms with van der Waals surface area (Å²) in [6.07, 6.45) is 9.87. The summed E-state index contributed by atoms with van der Waals surface area (Å²) in [4.78, 5) is 0. The molecule has 1 heteroatoms. The largest absolute Gasteiger partial charge is 0.390 e. The number of allylic oxidation sites excluding steroid dienone is 1. The summed E-state index contributed by atoms with van der Waals surface area (Å²) >= 11 is 0. The highest BCUT2D eigenvalue weighted by Crippen LogP contribution is 2.23. The first-order valence-corrected chi connectivity index (χ1v) is 6.55. The third kappa shape index (κ3) is 3.71. The molecule has 1 aliphatic carbocycles. The van der Waals surface area contributed by atoms with Crippen molar-refractivity contribution in [3.8, 4) is 0 Å². The quantitative estimate of drug-likeness (QED) is 0.835. The standard InChI is InChI=1S/C16H22O/c1-16(2,17)11-4-3-6-13-9-10-14-7-5-8-15(14)12-13/h3,6,9-10,12,17H,4-5,7-8,11H2,1-2H3/b6-3+. The minimum Gasteiger partial charge on any atom is -0.390 e. The number of benzene rings is 1. The van der Waals surface area contributed by atoms with Gasteiger partial charge in [-0.25, -0.2) is 0 Å². The molecular weight excluding hydrogens is 208 g/mol. The highest BCUT2D eigenvalue weighted by molar-refractivity contribution is 5.52. The van der Waals surface area contributed by atoms with Crippen molar-refractivity contribution in [3.05, 3.63) is 41.0 Å². The summed E-state index contributed by atoms with van der Waals surface area (Å²) in [5, 5.41) is 9.61. The Kier molecular flexibility index (Phi) is 3.68. The first-order valence-electron chi connectivity index (χ1n) is 6.55. The van der Waals surface area contributed by atoms with Gasteiger partial charge in [0.05, 0.1) is 5.60 Å². The highest BCUT2D eigenvalue weighted by atomic mass is 16.3. The molecule has 0 aromatic heterocycles. The molecule has 1 aliphatic rings. The van der Waals surface area contributed by atoms with Gasteiger partial charge in [0.25, 0.3) is 0 Å². The van der Waals surface area contributed by atoms with Crippen molar-refractivity contribution in [1.29, 1.82) is 0 Å². The molecule has 0 spiro atoms. The lowest BCUT2D eigenvalue weighted by atomic mass is 10.0. The van der Waals surface area contributed by atoms with E-state index in [-0.39, 0.29) is 0 Å². The average molecular weight is 230 g/mol. The van der Waals surface area contributed by atoms with Crippen molar-refractivity contribution in [2.24, 2.45) is 0 Å². The lowest BCUT2D eigenvalue weighted by Gasteiger charge is -2.14. The van der Waals surface area contributed by atoms with Crippen molar-refractivity contribution in [3.63, 3.8) is 0 Å². The number of aliphatic hydroxyl groups is 1. The van der Waals surface area contributed by atoms with Crippen molar-refractivity contribution >= 4 is 6.08 Å². The van der Waals surface area contributed by atoms with Gasteiger partial charge in [-0.2, -0.15) is 0 Å². The Hall–Kier alpha value is -1.08. The fourth-order valence-corrected chi connectivity index (χ4v) is 2.35. The molecule has 0 fully saturated rings. The topological polar surface area (TPSA) is 20.2 Å². The van der Waals surface area contributed by atoms with E-state index in [0.717, 1.165) is 12.8 Å². The number of hydrogen-bond donors (Lipinski definition) is 1. The van der Waals surface area contributed by atoms with Gasteiger partial charge in [0.1, 0.15) is 0 Å². The first-order chi connectivity index (χ1) is 8.04. The van der Waals surface area contributed by atoms with Crippen LogP contribution in [0, 0.1) is 0 Å². The normalized spacial score (nSPS) is 15.5. The molecule has 0 unspecified atom stereocenters. The molecular formula is C16H22O. The minimum absolute atomic E-state index is 0.553. The molecule has 0 amide bonds. The molecule has 0 bridgehead atoms. The average Bonchev–Trinajstić information content (AvgIpc) is 2.70. The third-order valence-electron chi connectivity index (χ3n) is 3.36. The molecule has 1 nitrogen and oxygen atoms in total. The van der Waals surface area contributed by atoms with Crippen LogP contribution in [0.5, 0.6) is 0 Å². The zero-order chi connectivity index (χ0) is 12.3. The SMILES string of the molecule is CC(C)(O)CC/C=C/c1ccc2c(c1)CCC2. The number of aryl methyl sites for hydroxylation is 2. The molecule has 0 saturated carbocycles. The van der Waals surface area contributed by atoms with Gasteiger partial charge >= 0.3 is 0 Å². The summed E-state index contributed by atoms with van der Waals surface area (Å²) in [6, 6.07) is 6.77. The zero-order valence-corrected chi connectivity index (χ0v) is 10.9. The Balaban J connectivity index is 1.93. The summed E-state index contributed by atoms with van der Waals surface area (Å²) < 4.78 is 0. The van der Waals surface area contributed by atoms with Crippen LogP contribution in [0.3, 0.4) is 0 Å². The van der Waals surface area contributed by atoms with Crippen LogP contribution in [-0.4, -0.2) is 10.7 Å². The van der Waals surface area contributed by atoms with Gasteiger partial charge in [0.15, 0.2) is 0 Å². The fourth-order valence-electron chi connectivity index (χ4n) is 2.35. The van der Waals surface area contributed by atoms with E-state index < -0.39 is 5.60 Å². The highest BCUT2D eigenvalue weighted by Gasteiger charge is 2.11. The molecule has 92 valence electrons. The number of rotatable bonds is 4. The van der Waals surface area contributed by atoms with E-state index in [0.29, 0.717) is 0 Å². The number of fused-ring (bicyclic) bond motifs is 1. The minimum atomic E-state index is -0.553. The van der Waals surface area contributed by atoms with Crippen LogP contribution in [0.25, 0.3) is 6.08 Å². The second-order valence-corrected chi connectivity index (χ2v) is 5.64. The molecule has 2 rings (SSSR count). The van der Waals surface area contributed by atoms with Crippen LogP contribution < -0.4 is 0 Å². The van der Waals surface area contributed by atoms with E-state index in [1.165, 1.54) is 36.0 Å². The lowest BCUT2D eigenvalue weighted by molar-refractivity contribution is 0.0722. The van der Waals surface area contributed by atoms with Crippen LogP contribution >= 0.6 is 0 Å². The van der Waals surface area contributed by atoms with Crippen molar-refractivity contribution in [2.75, 3.05) is 0 Å². The Morgan fingerprint density at radius 3 is 2.76 bits per heavy atom. The number of hydrogen-bond acceptors (Lipinski definition) is 1. The van der Waals surface area contributed by atoms with Gasteiger partial charge in [-0.1, -0.05) is 30.4 Å². The molecule has 1 aromatic rings. The van der Waals surface area contributed by atoms with Gasteiger partial charge < -0.3 is 5.11 Å². The van der Waals surface area contributed by atoms with E-state index in [9.17, 15) is 5.11 Å². The summed E-state index contributed by atoms with van der Waals surface area (Å²) in [5.41, 5.74) is 3.79. The molecule has 0 radical (unpaired) electrons. The maximum atomic E-state index is 9.61. The Labute approximate surface area is 104 Å². The molecule has 0 atom stereocenters. The predicted octanol–water partition coefficient (Wildman–Crippen LogP) is 3.74. The molecule has 0 aliphatic heterocycles. The van der Waals surface area contributed by atoms with Crippen LogP contribution in [0.2, 0.25) is 0 Å². The van der Waals surface area contributed by atoms with E-state index in [1.54, 1.807) is 0 Å². The Morgan fingerprint density at radius 2 is 2.00 bits per heavy atom. The Morgan fingerprint density at radius 1 is 1.24 bits per heavy atom. The molecule has 1 aromatic carbocycles. The van der Waals surface area contributed by atoms with E-state index >= 15 is 0 Å². The van der Waals surface area contributed by atoms with Gasteiger partial charge in [0.2, 0.25) is 0 Å². The van der Waals surface area contributed by atoms with Crippen LogP contribution in [0.15, 0.2) is 24.3 Å². The summed E-state index contributed by atoms with van der Waals surface area (Å²) in [6.45, 7) is 3.71. The fraction of sp³-hybridized carbons (Fsp3) is 0.500. The van der Waals surface area contributed by atoms with Gasteiger partial charge in [0, 0.05) is 0 Å². The second kappa shape index (κ2) is 5.05. The van der Waals surface area contributed by atoms with Gasteiger partial charge in [-0.05, 0) is 62.6 Å². The van der Waals surface area contributed by atoms with E-state index in [1.807, 2.05) is 13.8 Å². The second-order valence-electron chi connectivity index (χ2n) is 5.64. The Bertz CT molecular complexity index is 410. The van der Waals surface area contributed by atoms with Crippen molar-refractivity contribution in [1.82, 2.24) is 0 Å². The van der Waals surface area contributed by atoms with Crippen molar-refractivity contribution < 1.29 is 5.11 Å². The molecule has 0 saturated heterocycles. The smallest absolute Gasteiger partial charge is 0.0594 e. The monoisotopic (exact) mass is 230 g/mol. The lowest BCUT2D eigenvalue weighted by Crippen LogP contribution is -2.17. The van der Waals surface area contributed by atoms with Crippen molar-refractivity contribution in [2.45, 2.75) is 51.6 Å². The van der Waals surface area contributed by atoms with E-state index in [4.69, 9.17) is 0 Å². The first kappa shape index (κ1) is 12.4. The third-order valence-corrected chi connectivity index (χ3v) is 3.36. The predicted molar refractivity (Wildman–Crippen MR) is 73.0 cm³/mol. The van der Waals surface area contributed by atoms with E-state index in [2.05, 4.69) is 30.4 Å². The molecule has 0 heterocycles. The van der Waals surface area contributed by atoms with Crippen LogP contribution in [0.1, 0.15) is 49.8 Å². The molecule has 17 heavy (non-hydrogen) atoms. The van der Waals surface area contributed by atoms with Gasteiger partial charge in [-0.15, -0.1) is 0 Å².